The molecule has 2 aromatic heterocycles. The molecule has 2 unspecified atom stereocenters. The summed E-state index contributed by atoms with van der Waals surface area (Å²) in [5.41, 5.74) is 3.85. The van der Waals surface area contributed by atoms with Gasteiger partial charge in [-0.05, 0) is 37.3 Å². The molecule has 0 radical (unpaired) electrons. The number of aromatic amines is 1. The van der Waals surface area contributed by atoms with E-state index in [0.29, 0.717) is 26.2 Å². The molecule has 172 valence electrons. The topological polar surface area (TPSA) is 69.5 Å². The quantitative estimate of drug-likeness (QED) is 0.503. The van der Waals surface area contributed by atoms with Gasteiger partial charge in [0.2, 0.25) is 5.91 Å². The fourth-order valence-corrected chi connectivity index (χ4v) is 5.23. The number of aromatic nitrogens is 3. The Bertz CT molecular complexity index is 1380. The van der Waals surface area contributed by atoms with Crippen molar-refractivity contribution in [2.45, 2.75) is 13.0 Å². The molecule has 2 aromatic carbocycles. The molecular weight excluding hydrogens is 431 g/mol. The molecule has 4 aromatic rings. The average Bonchev–Trinajstić information content (AvgIpc) is 3.50. The summed E-state index contributed by atoms with van der Waals surface area (Å²) in [5.74, 6) is 0.143. The van der Waals surface area contributed by atoms with Gasteiger partial charge in [0.05, 0.1) is 12.2 Å². The molecule has 8 heteroatoms. The van der Waals surface area contributed by atoms with Crippen molar-refractivity contribution < 1.29 is 9.18 Å². The molecule has 0 aliphatic carbocycles. The van der Waals surface area contributed by atoms with Crippen LogP contribution in [0.1, 0.15) is 18.5 Å². The van der Waals surface area contributed by atoms with Crippen LogP contribution in [0.4, 0.5) is 15.9 Å². The zero-order valence-corrected chi connectivity index (χ0v) is 18.9. The number of halogens is 1. The van der Waals surface area contributed by atoms with E-state index in [2.05, 4.69) is 21.0 Å². The minimum absolute atomic E-state index is 0.0661. The molecular formula is C26H25FN6O. The van der Waals surface area contributed by atoms with Crippen LogP contribution >= 0.6 is 0 Å². The van der Waals surface area contributed by atoms with Crippen LogP contribution in [-0.2, 0) is 4.79 Å². The van der Waals surface area contributed by atoms with Crippen molar-refractivity contribution in [3.63, 3.8) is 0 Å². The number of fused-ring (bicyclic) bond motifs is 2. The number of aliphatic imine (C=N–C) groups is 1. The van der Waals surface area contributed by atoms with Crippen molar-refractivity contribution >= 4 is 34.0 Å². The molecule has 0 spiro atoms. The predicted molar refractivity (Wildman–Crippen MR) is 130 cm³/mol. The zero-order valence-electron chi connectivity index (χ0n) is 18.9. The van der Waals surface area contributed by atoms with Crippen LogP contribution in [0.5, 0.6) is 0 Å². The monoisotopic (exact) mass is 456 g/mol. The second-order valence-electron chi connectivity index (χ2n) is 8.89. The van der Waals surface area contributed by atoms with E-state index >= 15 is 0 Å². The van der Waals surface area contributed by atoms with E-state index in [4.69, 9.17) is 4.99 Å². The van der Waals surface area contributed by atoms with Gasteiger partial charge in [0.1, 0.15) is 11.7 Å². The Labute approximate surface area is 196 Å². The number of benzene rings is 2. The van der Waals surface area contributed by atoms with Gasteiger partial charge < -0.3 is 14.8 Å². The fourth-order valence-electron chi connectivity index (χ4n) is 5.23. The smallest absolute Gasteiger partial charge is 0.234 e. The van der Waals surface area contributed by atoms with Crippen molar-refractivity contribution in [2.75, 3.05) is 31.1 Å². The molecule has 0 bridgehead atoms. The van der Waals surface area contributed by atoms with Gasteiger partial charge in [-0.25, -0.2) is 14.1 Å². The average molecular weight is 457 g/mol. The Morgan fingerprint density at radius 1 is 1.03 bits per heavy atom. The Balaban J connectivity index is 1.30. The lowest BCUT2D eigenvalue weighted by atomic mass is 9.86. The number of amides is 1. The number of anilines is 1. The number of nitrogens with one attached hydrogen (secondary N) is 1. The van der Waals surface area contributed by atoms with E-state index in [0.717, 1.165) is 33.7 Å². The number of hydrogen-bond acceptors (Lipinski definition) is 4. The Hall–Kier alpha value is -3.94. The van der Waals surface area contributed by atoms with Crippen LogP contribution in [0.15, 0.2) is 72.0 Å². The van der Waals surface area contributed by atoms with Crippen LogP contribution in [0.25, 0.3) is 10.9 Å². The largest absolute Gasteiger partial charge is 0.368 e. The van der Waals surface area contributed by atoms with E-state index in [1.165, 1.54) is 12.1 Å². The standard InChI is InChI=1S/C26H25FN6O/c1-17-24(26(34)32-14-12-31(13-15-32)19-8-6-18(27)7-9-19)25(33-23(30-17)10-11-29-33)21-16-28-22-5-3-2-4-20(21)22/h2-11,16,24-25,28H,12-15H2,1H3. The van der Waals surface area contributed by atoms with Crippen molar-refractivity contribution in [1.29, 1.82) is 0 Å². The van der Waals surface area contributed by atoms with Crippen molar-refractivity contribution in [3.05, 3.63) is 78.4 Å². The lowest BCUT2D eigenvalue weighted by Crippen LogP contribution is -2.53. The molecule has 6 rings (SSSR count). The van der Waals surface area contributed by atoms with E-state index in [1.54, 1.807) is 18.3 Å². The molecule has 2 atom stereocenters. The van der Waals surface area contributed by atoms with E-state index in [9.17, 15) is 9.18 Å². The molecule has 2 aliphatic rings. The van der Waals surface area contributed by atoms with Gasteiger partial charge in [-0.15, -0.1) is 0 Å². The van der Waals surface area contributed by atoms with E-state index in [-0.39, 0.29) is 17.8 Å². The summed E-state index contributed by atoms with van der Waals surface area (Å²) >= 11 is 0. The van der Waals surface area contributed by atoms with Crippen LogP contribution in [0.2, 0.25) is 0 Å². The molecule has 1 saturated heterocycles. The van der Waals surface area contributed by atoms with Crippen LogP contribution in [-0.4, -0.2) is 57.5 Å². The van der Waals surface area contributed by atoms with E-state index < -0.39 is 5.92 Å². The van der Waals surface area contributed by atoms with Gasteiger partial charge in [0.25, 0.3) is 0 Å². The highest BCUT2D eigenvalue weighted by atomic mass is 19.1. The van der Waals surface area contributed by atoms with Crippen molar-refractivity contribution in [3.8, 4) is 0 Å². The summed E-state index contributed by atoms with van der Waals surface area (Å²) in [6.07, 6.45) is 3.73. The van der Waals surface area contributed by atoms with Gasteiger partial charge >= 0.3 is 0 Å². The number of para-hydroxylation sites is 1. The maximum atomic E-state index is 14.0. The van der Waals surface area contributed by atoms with Crippen molar-refractivity contribution in [2.24, 2.45) is 10.9 Å². The summed E-state index contributed by atoms with van der Waals surface area (Å²) in [6.45, 7) is 4.55. The number of nitrogens with zero attached hydrogens (tertiary/aromatic N) is 5. The van der Waals surface area contributed by atoms with Crippen LogP contribution in [0, 0.1) is 11.7 Å². The molecule has 7 nitrogen and oxygen atoms in total. The fraction of sp³-hybridized carbons (Fsp3) is 0.269. The van der Waals surface area contributed by atoms with Gasteiger partial charge in [0.15, 0.2) is 5.82 Å². The molecule has 4 heterocycles. The highest BCUT2D eigenvalue weighted by molar-refractivity contribution is 6.06. The Kier molecular flexibility index (Phi) is 4.94. The van der Waals surface area contributed by atoms with Crippen LogP contribution in [0.3, 0.4) is 0 Å². The number of H-pyrrole nitrogens is 1. The molecule has 34 heavy (non-hydrogen) atoms. The minimum Gasteiger partial charge on any atom is -0.368 e. The Morgan fingerprint density at radius 3 is 2.59 bits per heavy atom. The third kappa shape index (κ3) is 3.37. The van der Waals surface area contributed by atoms with E-state index in [1.807, 2.05) is 47.0 Å². The molecule has 1 N–H and O–H groups in total. The van der Waals surface area contributed by atoms with Gasteiger partial charge in [-0.1, -0.05) is 18.2 Å². The second-order valence-corrected chi connectivity index (χ2v) is 8.89. The SMILES string of the molecule is CC1=Nc2ccnn2C(c2c[nH]c3ccccc23)C1C(=O)N1CCN(c2ccc(F)cc2)CC1. The third-order valence-electron chi connectivity index (χ3n) is 6.96. The minimum atomic E-state index is -0.441. The third-order valence-corrected chi connectivity index (χ3v) is 6.96. The highest BCUT2D eigenvalue weighted by Crippen LogP contribution is 2.39. The number of carbonyl (C=O) groups is 1. The predicted octanol–water partition coefficient (Wildman–Crippen LogP) is 4.16. The summed E-state index contributed by atoms with van der Waals surface area (Å²) in [6, 6.07) is 16.3. The highest BCUT2D eigenvalue weighted by Gasteiger charge is 2.41. The lowest BCUT2D eigenvalue weighted by Gasteiger charge is -2.39. The first-order valence-electron chi connectivity index (χ1n) is 11.5. The maximum absolute atomic E-state index is 14.0. The lowest BCUT2D eigenvalue weighted by molar-refractivity contribution is -0.134. The molecule has 2 aliphatic heterocycles. The van der Waals surface area contributed by atoms with Gasteiger partial charge in [-0.2, -0.15) is 5.10 Å². The first-order valence-corrected chi connectivity index (χ1v) is 11.5. The zero-order chi connectivity index (χ0) is 23.2. The summed E-state index contributed by atoms with van der Waals surface area (Å²) in [4.78, 5) is 26.1. The normalized spacial score (nSPS) is 20.4. The molecule has 1 amide bonds. The summed E-state index contributed by atoms with van der Waals surface area (Å²) < 4.78 is 15.2. The Morgan fingerprint density at radius 2 is 1.79 bits per heavy atom. The van der Waals surface area contributed by atoms with Crippen molar-refractivity contribution in [1.82, 2.24) is 19.7 Å². The number of piperazine rings is 1. The number of rotatable bonds is 3. The van der Waals surface area contributed by atoms with Gasteiger partial charge in [-0.3, -0.25) is 4.79 Å². The second kappa shape index (κ2) is 8.13. The first-order chi connectivity index (χ1) is 16.6. The molecule has 0 saturated carbocycles. The summed E-state index contributed by atoms with van der Waals surface area (Å²) in [5, 5.41) is 5.64. The summed E-state index contributed by atoms with van der Waals surface area (Å²) in [7, 11) is 0. The first kappa shape index (κ1) is 20.7. The molecule has 1 fully saturated rings. The maximum Gasteiger partial charge on any atom is 0.234 e. The van der Waals surface area contributed by atoms with Crippen LogP contribution < -0.4 is 4.90 Å². The number of carbonyl (C=O) groups excluding carboxylic acids is 1. The number of hydrogen-bond donors (Lipinski definition) is 1. The van der Waals surface area contributed by atoms with Gasteiger partial charge in [0, 0.05) is 66.3 Å².